The third-order valence-corrected chi connectivity index (χ3v) is 4.67. The van der Waals surface area contributed by atoms with Gasteiger partial charge >= 0.3 is 0 Å². The first-order chi connectivity index (χ1) is 13.7. The van der Waals surface area contributed by atoms with E-state index < -0.39 is 0 Å². The maximum atomic E-state index is 4.70. The van der Waals surface area contributed by atoms with Crippen LogP contribution in [0.15, 0.2) is 87.4 Å². The lowest BCUT2D eigenvalue weighted by Gasteiger charge is -2.03. The van der Waals surface area contributed by atoms with Gasteiger partial charge in [-0.25, -0.2) is 9.98 Å². The van der Waals surface area contributed by atoms with Crippen molar-refractivity contribution in [2.45, 2.75) is 6.92 Å². The summed E-state index contributed by atoms with van der Waals surface area (Å²) in [7, 11) is 0. The topological polar surface area (TPSA) is 65.4 Å². The minimum Gasteiger partial charge on any atom is -0.335 e. The Hall–Kier alpha value is -3.25. The molecule has 4 aromatic rings. The Bertz CT molecular complexity index is 1110. The first kappa shape index (κ1) is 18.1. The molecule has 1 aromatic heterocycles. The first-order valence-corrected chi connectivity index (χ1v) is 9.62. The zero-order valence-corrected chi connectivity index (χ0v) is 16.8. The zero-order chi connectivity index (χ0) is 19.3. The van der Waals surface area contributed by atoms with E-state index in [2.05, 4.69) is 43.3 Å². The van der Waals surface area contributed by atoms with Crippen LogP contribution >= 0.6 is 15.9 Å². The molecule has 0 bridgehead atoms. The number of hydrogen-bond donors (Lipinski definition) is 2. The van der Waals surface area contributed by atoms with Crippen LogP contribution in [0.25, 0.3) is 11.0 Å². The molecule has 2 N–H and O–H groups in total. The summed E-state index contributed by atoms with van der Waals surface area (Å²) in [4.78, 5) is 12.6. The number of aromatic amines is 1. The number of fused-ring (bicyclic) bond motifs is 1. The number of halogens is 1. The average molecular weight is 432 g/mol. The number of H-pyrrole nitrogens is 1. The zero-order valence-electron chi connectivity index (χ0n) is 15.2. The molecule has 0 saturated carbocycles. The van der Waals surface area contributed by atoms with Gasteiger partial charge in [-0.2, -0.15) is 5.10 Å². The summed E-state index contributed by atoms with van der Waals surface area (Å²) in [6.45, 7) is 2.05. The van der Waals surface area contributed by atoms with Crippen LogP contribution in [0.1, 0.15) is 17.0 Å². The molecule has 138 valence electrons. The van der Waals surface area contributed by atoms with E-state index in [4.69, 9.17) is 4.99 Å². The highest BCUT2D eigenvalue weighted by molar-refractivity contribution is 9.10. The van der Waals surface area contributed by atoms with E-state index in [0.29, 0.717) is 11.7 Å². The number of aryl methyl sites for hydroxylation is 1. The largest absolute Gasteiger partial charge is 0.335 e. The third kappa shape index (κ3) is 4.35. The Morgan fingerprint density at radius 1 is 1.00 bits per heavy atom. The van der Waals surface area contributed by atoms with E-state index in [-0.39, 0.29) is 0 Å². The maximum absolute atomic E-state index is 4.70. The van der Waals surface area contributed by atoms with Gasteiger partial charge in [-0.05, 0) is 48.9 Å². The molecule has 3 aromatic carbocycles. The van der Waals surface area contributed by atoms with Crippen molar-refractivity contribution in [3.63, 3.8) is 0 Å². The number of amidine groups is 1. The Kier molecular flexibility index (Phi) is 5.30. The van der Waals surface area contributed by atoms with Crippen molar-refractivity contribution in [1.82, 2.24) is 15.4 Å². The van der Waals surface area contributed by atoms with E-state index in [0.717, 1.165) is 26.8 Å². The van der Waals surface area contributed by atoms with Gasteiger partial charge in [0.1, 0.15) is 0 Å². The Labute approximate surface area is 171 Å². The van der Waals surface area contributed by atoms with Crippen LogP contribution < -0.4 is 5.43 Å². The van der Waals surface area contributed by atoms with Crippen LogP contribution in [0, 0.1) is 6.92 Å². The number of nitrogens with zero attached hydrogens (tertiary/aromatic N) is 3. The predicted octanol–water partition coefficient (Wildman–Crippen LogP) is 5.34. The third-order valence-electron chi connectivity index (χ3n) is 4.14. The lowest BCUT2D eigenvalue weighted by atomic mass is 10.2. The molecule has 0 spiro atoms. The molecule has 0 amide bonds. The predicted molar refractivity (Wildman–Crippen MR) is 118 cm³/mol. The normalized spacial score (nSPS) is 12.0. The molecule has 1 heterocycles. The average Bonchev–Trinajstić information content (AvgIpc) is 3.14. The highest BCUT2D eigenvalue weighted by Crippen LogP contribution is 2.16. The number of aromatic nitrogens is 2. The Morgan fingerprint density at radius 2 is 1.75 bits per heavy atom. The standard InChI is InChI=1S/C22H18BrN5/c1-15-6-12-18(13-7-15)25-22(21-26-19-4-2-3-5-20(19)27-21)28-24-14-16-8-10-17(23)11-9-16/h2-14H,1H3,(H,25,28)(H,26,27). The van der Waals surface area contributed by atoms with Crippen LogP contribution in [0.3, 0.4) is 0 Å². The van der Waals surface area contributed by atoms with Crippen molar-refractivity contribution < 1.29 is 0 Å². The van der Waals surface area contributed by atoms with E-state index in [9.17, 15) is 0 Å². The summed E-state index contributed by atoms with van der Waals surface area (Å²) in [5, 5.41) is 4.35. The molecular weight excluding hydrogens is 414 g/mol. The van der Waals surface area contributed by atoms with E-state index in [1.165, 1.54) is 5.56 Å². The van der Waals surface area contributed by atoms with Gasteiger partial charge in [-0.15, -0.1) is 0 Å². The fourth-order valence-corrected chi connectivity index (χ4v) is 2.93. The summed E-state index contributed by atoms with van der Waals surface area (Å²) < 4.78 is 1.03. The van der Waals surface area contributed by atoms with E-state index in [1.807, 2.05) is 72.8 Å². The van der Waals surface area contributed by atoms with Crippen molar-refractivity contribution >= 4 is 44.7 Å². The van der Waals surface area contributed by atoms with Crippen LogP contribution in [0.5, 0.6) is 0 Å². The van der Waals surface area contributed by atoms with Crippen LogP contribution in [-0.4, -0.2) is 22.0 Å². The highest BCUT2D eigenvalue weighted by atomic mass is 79.9. The smallest absolute Gasteiger partial charge is 0.190 e. The lowest BCUT2D eigenvalue weighted by molar-refractivity contribution is 1.01. The van der Waals surface area contributed by atoms with Gasteiger partial charge in [-0.3, -0.25) is 5.43 Å². The van der Waals surface area contributed by atoms with Crippen LogP contribution in [0.2, 0.25) is 0 Å². The van der Waals surface area contributed by atoms with Gasteiger partial charge < -0.3 is 4.98 Å². The Morgan fingerprint density at radius 3 is 2.50 bits per heavy atom. The number of imidazole rings is 1. The van der Waals surface area contributed by atoms with Gasteiger partial charge in [0, 0.05) is 4.47 Å². The first-order valence-electron chi connectivity index (χ1n) is 8.82. The monoisotopic (exact) mass is 431 g/mol. The van der Waals surface area contributed by atoms with Crippen molar-refractivity contribution in [1.29, 1.82) is 0 Å². The second-order valence-corrected chi connectivity index (χ2v) is 7.24. The molecule has 0 atom stereocenters. The van der Waals surface area contributed by atoms with Gasteiger partial charge in [0.25, 0.3) is 0 Å². The quantitative estimate of drug-likeness (QED) is 0.260. The minimum atomic E-state index is 0.549. The Balaban J connectivity index is 1.66. The van der Waals surface area contributed by atoms with Crippen molar-refractivity contribution in [3.8, 4) is 0 Å². The van der Waals surface area contributed by atoms with Gasteiger partial charge in [0.2, 0.25) is 0 Å². The molecule has 6 heteroatoms. The number of benzene rings is 3. The number of hydrogen-bond acceptors (Lipinski definition) is 3. The van der Waals surface area contributed by atoms with E-state index >= 15 is 0 Å². The molecule has 0 aliphatic rings. The molecule has 0 aliphatic carbocycles. The van der Waals surface area contributed by atoms with Crippen molar-refractivity contribution in [2.24, 2.45) is 10.1 Å². The summed E-state index contributed by atoms with van der Waals surface area (Å²) in [5.41, 5.74) is 7.86. The molecule has 5 nitrogen and oxygen atoms in total. The maximum Gasteiger partial charge on any atom is 0.190 e. The summed E-state index contributed by atoms with van der Waals surface area (Å²) in [6, 6.07) is 23.8. The number of rotatable bonds is 4. The molecule has 0 unspecified atom stereocenters. The second kappa shape index (κ2) is 8.19. The highest BCUT2D eigenvalue weighted by Gasteiger charge is 2.09. The molecule has 0 fully saturated rings. The molecule has 0 aliphatic heterocycles. The molecular formula is C22H18BrN5. The number of nitrogens with one attached hydrogen (secondary N) is 2. The van der Waals surface area contributed by atoms with Gasteiger partial charge in [-0.1, -0.05) is 57.9 Å². The molecule has 28 heavy (non-hydrogen) atoms. The van der Waals surface area contributed by atoms with Crippen LogP contribution in [0.4, 0.5) is 5.69 Å². The SMILES string of the molecule is Cc1ccc(N=C(NN=Cc2ccc(Br)cc2)c2nc3ccccc3[nH]2)cc1. The molecule has 4 rings (SSSR count). The van der Waals surface area contributed by atoms with Crippen molar-refractivity contribution in [2.75, 3.05) is 0 Å². The summed E-state index contributed by atoms with van der Waals surface area (Å²) in [6.07, 6.45) is 1.75. The van der Waals surface area contributed by atoms with Gasteiger partial charge in [0.05, 0.1) is 22.9 Å². The number of hydrazone groups is 1. The van der Waals surface area contributed by atoms with Gasteiger partial charge in [0.15, 0.2) is 11.7 Å². The minimum absolute atomic E-state index is 0.549. The fourth-order valence-electron chi connectivity index (χ4n) is 2.66. The molecule has 0 radical (unpaired) electrons. The number of para-hydroxylation sites is 2. The molecule has 0 saturated heterocycles. The number of aliphatic imine (C=N–C) groups is 1. The second-order valence-electron chi connectivity index (χ2n) is 6.32. The van der Waals surface area contributed by atoms with Crippen molar-refractivity contribution in [3.05, 3.63) is 94.2 Å². The summed E-state index contributed by atoms with van der Waals surface area (Å²) >= 11 is 3.43. The fraction of sp³-hybridized carbons (Fsp3) is 0.0455. The summed E-state index contributed by atoms with van der Waals surface area (Å²) in [5.74, 6) is 1.18. The lowest BCUT2D eigenvalue weighted by Crippen LogP contribution is -2.20. The van der Waals surface area contributed by atoms with E-state index in [1.54, 1.807) is 6.21 Å². The van der Waals surface area contributed by atoms with Crippen LogP contribution in [-0.2, 0) is 0 Å².